The summed E-state index contributed by atoms with van der Waals surface area (Å²) in [5.41, 5.74) is 0.903. The van der Waals surface area contributed by atoms with Crippen LogP contribution in [0.4, 0.5) is 0 Å². The van der Waals surface area contributed by atoms with E-state index in [1.807, 2.05) is 12.1 Å². The molecule has 1 aromatic rings. The number of rotatable bonds is 5. The molecule has 2 heterocycles. The molecule has 0 radical (unpaired) electrons. The van der Waals surface area contributed by atoms with Gasteiger partial charge in [0.1, 0.15) is 0 Å². The lowest BCUT2D eigenvalue weighted by molar-refractivity contribution is -0.128. The summed E-state index contributed by atoms with van der Waals surface area (Å²) in [6.45, 7) is 0.736. The van der Waals surface area contributed by atoms with Crippen LogP contribution in [0.1, 0.15) is 44.1 Å². The first kappa shape index (κ1) is 18.6. The van der Waals surface area contributed by atoms with Crippen LogP contribution in [-0.2, 0) is 16.1 Å². The summed E-state index contributed by atoms with van der Waals surface area (Å²) in [4.78, 5) is 30.3. The number of aliphatic hydroxyl groups is 1. The number of hydrogen-bond acceptors (Lipinski definition) is 4. The molecule has 1 aliphatic carbocycles. The summed E-state index contributed by atoms with van der Waals surface area (Å²) in [6, 6.07) is 3.79. The van der Waals surface area contributed by atoms with Crippen molar-refractivity contribution in [3.05, 3.63) is 42.2 Å². The maximum absolute atomic E-state index is 12.6. The predicted molar refractivity (Wildman–Crippen MR) is 97.9 cm³/mol. The van der Waals surface area contributed by atoms with Crippen LogP contribution in [0.5, 0.6) is 0 Å². The summed E-state index contributed by atoms with van der Waals surface area (Å²) < 4.78 is 0. The molecular weight excluding hydrogens is 330 g/mol. The maximum Gasteiger partial charge on any atom is 0.247 e. The first-order valence-electron chi connectivity index (χ1n) is 9.47. The fraction of sp³-hybridized carbons (Fsp3) is 0.550. The van der Waals surface area contributed by atoms with Gasteiger partial charge >= 0.3 is 0 Å². The number of nitrogens with one attached hydrogen (secondary N) is 1. The number of aromatic nitrogens is 1. The Kier molecular flexibility index (Phi) is 6.39. The minimum absolute atomic E-state index is 0.0981. The van der Waals surface area contributed by atoms with Gasteiger partial charge in [-0.05, 0) is 36.8 Å². The minimum Gasteiger partial charge on any atom is -0.391 e. The van der Waals surface area contributed by atoms with E-state index in [-0.39, 0.29) is 17.9 Å². The zero-order chi connectivity index (χ0) is 18.4. The third-order valence-electron chi connectivity index (χ3n) is 5.37. The van der Waals surface area contributed by atoms with E-state index in [0.717, 1.165) is 18.4 Å². The largest absolute Gasteiger partial charge is 0.391 e. The van der Waals surface area contributed by atoms with E-state index in [1.165, 1.54) is 31.4 Å². The Labute approximate surface area is 154 Å². The number of carbonyl (C=O) groups excluding carboxylic acids is 2. The van der Waals surface area contributed by atoms with Crippen molar-refractivity contribution in [2.24, 2.45) is 5.92 Å². The van der Waals surface area contributed by atoms with Gasteiger partial charge in [-0.25, -0.2) is 0 Å². The van der Waals surface area contributed by atoms with Crippen LogP contribution in [0.15, 0.2) is 36.7 Å². The standard InChI is InChI=1S/C20H27N3O3/c24-17-11-18(16-6-2-1-3-7-16)23(14-17)20(26)9-8-19(25)22-13-15-5-4-10-21-12-15/h4-5,8-10,12,16-18,24H,1-3,6-7,11,13-14H2,(H,22,25)/b9-8+. The molecule has 0 bridgehead atoms. The minimum atomic E-state index is -0.460. The van der Waals surface area contributed by atoms with E-state index >= 15 is 0 Å². The lowest BCUT2D eigenvalue weighted by Gasteiger charge is -2.33. The van der Waals surface area contributed by atoms with Gasteiger partial charge in [0.05, 0.1) is 6.10 Å². The smallest absolute Gasteiger partial charge is 0.247 e. The second kappa shape index (κ2) is 8.94. The topological polar surface area (TPSA) is 82.5 Å². The average molecular weight is 357 g/mol. The molecule has 1 aromatic heterocycles. The fourth-order valence-electron chi connectivity index (χ4n) is 4.06. The first-order valence-corrected chi connectivity index (χ1v) is 9.47. The predicted octanol–water partition coefficient (Wildman–Crippen LogP) is 1.80. The molecule has 6 nitrogen and oxygen atoms in total. The van der Waals surface area contributed by atoms with E-state index < -0.39 is 6.10 Å². The summed E-state index contributed by atoms with van der Waals surface area (Å²) in [5, 5.41) is 12.8. The number of aliphatic hydroxyl groups excluding tert-OH is 1. The molecule has 1 saturated heterocycles. The van der Waals surface area contributed by atoms with Gasteiger partial charge in [0.15, 0.2) is 0 Å². The highest BCUT2D eigenvalue weighted by Gasteiger charge is 2.38. The van der Waals surface area contributed by atoms with Crippen molar-refractivity contribution in [3.8, 4) is 0 Å². The Morgan fingerprint density at radius 3 is 2.81 bits per heavy atom. The van der Waals surface area contributed by atoms with Crippen LogP contribution >= 0.6 is 0 Å². The van der Waals surface area contributed by atoms with Crippen molar-refractivity contribution in [3.63, 3.8) is 0 Å². The molecule has 2 amide bonds. The Morgan fingerprint density at radius 1 is 1.27 bits per heavy atom. The summed E-state index contributed by atoms with van der Waals surface area (Å²) >= 11 is 0. The van der Waals surface area contributed by atoms with Gasteiger partial charge < -0.3 is 15.3 Å². The molecule has 2 unspecified atom stereocenters. The molecule has 0 aromatic carbocycles. The molecule has 1 aliphatic heterocycles. The third kappa shape index (κ3) is 4.91. The SMILES string of the molecule is O=C(/C=C/C(=O)N1CC(O)CC1C1CCCCC1)NCc1cccnc1. The number of amides is 2. The number of pyridine rings is 1. The van der Waals surface area contributed by atoms with E-state index in [2.05, 4.69) is 10.3 Å². The van der Waals surface area contributed by atoms with Crippen LogP contribution in [0, 0.1) is 5.92 Å². The Hall–Kier alpha value is -2.21. The van der Waals surface area contributed by atoms with Gasteiger partial charge in [0.25, 0.3) is 0 Å². The van der Waals surface area contributed by atoms with E-state index in [0.29, 0.717) is 25.4 Å². The third-order valence-corrected chi connectivity index (χ3v) is 5.37. The number of hydrogen-bond donors (Lipinski definition) is 2. The van der Waals surface area contributed by atoms with Gasteiger partial charge in [-0.1, -0.05) is 25.3 Å². The van der Waals surface area contributed by atoms with Crippen LogP contribution in [-0.4, -0.2) is 45.5 Å². The van der Waals surface area contributed by atoms with E-state index in [4.69, 9.17) is 0 Å². The van der Waals surface area contributed by atoms with Crippen LogP contribution in [0.2, 0.25) is 0 Å². The molecule has 6 heteroatoms. The molecule has 2 atom stereocenters. The number of likely N-dealkylation sites (tertiary alicyclic amines) is 1. The van der Waals surface area contributed by atoms with Gasteiger partial charge in [-0.3, -0.25) is 14.6 Å². The Morgan fingerprint density at radius 2 is 2.08 bits per heavy atom. The molecule has 26 heavy (non-hydrogen) atoms. The van der Waals surface area contributed by atoms with Crippen molar-refractivity contribution >= 4 is 11.8 Å². The summed E-state index contributed by atoms with van der Waals surface area (Å²) in [5.74, 6) is -0.0255. The lowest BCUT2D eigenvalue weighted by Crippen LogP contribution is -2.40. The van der Waals surface area contributed by atoms with Crippen LogP contribution < -0.4 is 5.32 Å². The second-order valence-electron chi connectivity index (χ2n) is 7.26. The van der Waals surface area contributed by atoms with Crippen LogP contribution in [0.3, 0.4) is 0 Å². The molecule has 2 N–H and O–H groups in total. The summed E-state index contributed by atoms with van der Waals surface area (Å²) in [6.07, 6.45) is 12.1. The second-order valence-corrected chi connectivity index (χ2v) is 7.26. The van der Waals surface area contributed by atoms with Gasteiger partial charge in [-0.15, -0.1) is 0 Å². The van der Waals surface area contributed by atoms with Gasteiger partial charge in [-0.2, -0.15) is 0 Å². The molecule has 2 fully saturated rings. The first-order chi connectivity index (χ1) is 12.6. The zero-order valence-electron chi connectivity index (χ0n) is 15.0. The van der Waals surface area contributed by atoms with Gasteiger partial charge in [0, 0.05) is 43.7 Å². The molecule has 2 aliphatic rings. The zero-order valence-corrected chi connectivity index (χ0v) is 15.0. The fourth-order valence-corrected chi connectivity index (χ4v) is 4.06. The lowest BCUT2D eigenvalue weighted by atomic mass is 9.82. The normalized spacial score (nSPS) is 24.1. The van der Waals surface area contributed by atoms with Crippen LogP contribution in [0.25, 0.3) is 0 Å². The van der Waals surface area contributed by atoms with Crippen molar-refractivity contribution in [2.45, 2.75) is 57.2 Å². The number of nitrogens with zero attached hydrogens (tertiary/aromatic N) is 2. The van der Waals surface area contributed by atoms with Gasteiger partial charge in [0.2, 0.25) is 11.8 Å². The highest BCUT2D eigenvalue weighted by Crippen LogP contribution is 2.34. The number of carbonyl (C=O) groups is 2. The molecule has 0 spiro atoms. The molecule has 3 rings (SSSR count). The van der Waals surface area contributed by atoms with Crippen molar-refractivity contribution in [1.82, 2.24) is 15.2 Å². The Bertz CT molecular complexity index is 641. The molecule has 140 valence electrons. The quantitative estimate of drug-likeness (QED) is 0.787. The maximum atomic E-state index is 12.6. The monoisotopic (exact) mass is 357 g/mol. The number of β-amino-alcohol motifs (C(OH)–C–C–N with tert-alkyl or cyclic N) is 1. The Balaban J connectivity index is 1.53. The summed E-state index contributed by atoms with van der Waals surface area (Å²) in [7, 11) is 0. The average Bonchev–Trinajstić information content (AvgIpc) is 3.08. The van der Waals surface area contributed by atoms with Crippen molar-refractivity contribution < 1.29 is 14.7 Å². The molecular formula is C20H27N3O3. The van der Waals surface area contributed by atoms with E-state index in [9.17, 15) is 14.7 Å². The van der Waals surface area contributed by atoms with Crippen molar-refractivity contribution in [2.75, 3.05) is 6.54 Å². The highest BCUT2D eigenvalue weighted by molar-refractivity contribution is 5.96. The van der Waals surface area contributed by atoms with E-state index in [1.54, 1.807) is 17.3 Å². The molecule has 1 saturated carbocycles. The highest BCUT2D eigenvalue weighted by atomic mass is 16.3. The van der Waals surface area contributed by atoms with Crippen molar-refractivity contribution in [1.29, 1.82) is 0 Å².